The van der Waals surface area contributed by atoms with E-state index < -0.39 is 0 Å². The van der Waals surface area contributed by atoms with Gasteiger partial charge in [0.1, 0.15) is 5.76 Å². The van der Waals surface area contributed by atoms with Crippen LogP contribution in [0.2, 0.25) is 5.02 Å². The van der Waals surface area contributed by atoms with Crippen LogP contribution in [-0.2, 0) is 6.54 Å². The predicted molar refractivity (Wildman–Crippen MR) is 102 cm³/mol. The van der Waals surface area contributed by atoms with Gasteiger partial charge in [-0.3, -0.25) is 4.79 Å². The average molecular weight is 441 g/mol. The maximum Gasteiger partial charge on any atom is 0.317 e. The van der Waals surface area contributed by atoms with Crippen molar-refractivity contribution in [3.63, 3.8) is 0 Å². The maximum atomic E-state index is 12.4. The lowest BCUT2D eigenvalue weighted by molar-refractivity contribution is 0.0632. The van der Waals surface area contributed by atoms with Gasteiger partial charge in [-0.25, -0.2) is 4.79 Å². The van der Waals surface area contributed by atoms with Gasteiger partial charge < -0.3 is 19.5 Å². The Morgan fingerprint density at radius 1 is 1.15 bits per heavy atom. The molecule has 1 aromatic carbocycles. The number of hydrogen-bond acceptors (Lipinski definition) is 3. The molecule has 8 heteroatoms. The highest BCUT2D eigenvalue weighted by Crippen LogP contribution is 2.21. The lowest BCUT2D eigenvalue weighted by Gasteiger charge is -2.34. The van der Waals surface area contributed by atoms with Crippen LogP contribution in [-0.4, -0.2) is 47.9 Å². The molecule has 1 saturated heterocycles. The number of benzene rings is 1. The average Bonchev–Trinajstić information content (AvgIpc) is 3.06. The molecule has 1 aromatic heterocycles. The molecule has 2 aromatic rings. The quantitative estimate of drug-likeness (QED) is 0.792. The van der Waals surface area contributed by atoms with Crippen molar-refractivity contribution < 1.29 is 14.0 Å². The minimum Gasteiger partial charge on any atom is -0.456 e. The molecule has 0 bridgehead atoms. The molecule has 3 amide bonds. The van der Waals surface area contributed by atoms with Crippen LogP contribution in [0.15, 0.2) is 39.2 Å². The van der Waals surface area contributed by atoms with Crippen LogP contribution in [0.4, 0.5) is 4.79 Å². The number of nitrogens with zero attached hydrogens (tertiary/aromatic N) is 2. The summed E-state index contributed by atoms with van der Waals surface area (Å²) in [6, 6.07) is 8.83. The molecule has 0 atom stereocenters. The number of rotatable bonds is 3. The highest BCUT2D eigenvalue weighted by molar-refractivity contribution is 9.10. The van der Waals surface area contributed by atoms with Gasteiger partial charge in [-0.2, -0.15) is 0 Å². The van der Waals surface area contributed by atoms with Gasteiger partial charge in [0.2, 0.25) is 0 Å². The summed E-state index contributed by atoms with van der Waals surface area (Å²) in [5, 5.41) is 3.47. The second-order valence-corrected chi connectivity index (χ2v) is 7.41. The van der Waals surface area contributed by atoms with Crippen LogP contribution in [0.1, 0.15) is 21.9 Å². The second kappa shape index (κ2) is 8.14. The van der Waals surface area contributed by atoms with Gasteiger partial charge >= 0.3 is 6.03 Å². The molecular formula is C18H19BrClN3O3. The van der Waals surface area contributed by atoms with Crippen molar-refractivity contribution in [1.82, 2.24) is 15.1 Å². The number of hydrogen-bond donors (Lipinski definition) is 1. The van der Waals surface area contributed by atoms with Gasteiger partial charge in [-0.15, -0.1) is 0 Å². The first-order valence-corrected chi connectivity index (χ1v) is 9.43. The van der Waals surface area contributed by atoms with Crippen LogP contribution in [0.5, 0.6) is 0 Å². The second-order valence-electron chi connectivity index (χ2n) is 6.08. The number of amides is 3. The summed E-state index contributed by atoms with van der Waals surface area (Å²) >= 11 is 9.52. The Hall–Kier alpha value is -1.99. The predicted octanol–water partition coefficient (Wildman–Crippen LogP) is 3.67. The van der Waals surface area contributed by atoms with E-state index >= 15 is 0 Å². The van der Waals surface area contributed by atoms with E-state index in [-0.39, 0.29) is 11.9 Å². The van der Waals surface area contributed by atoms with Gasteiger partial charge in [-0.05, 0) is 36.8 Å². The zero-order valence-corrected chi connectivity index (χ0v) is 16.6. The number of carbonyl (C=O) groups is 2. The molecule has 3 rings (SSSR count). The topological polar surface area (TPSA) is 65.8 Å². The van der Waals surface area contributed by atoms with E-state index in [0.29, 0.717) is 49.3 Å². The molecule has 0 spiro atoms. The van der Waals surface area contributed by atoms with Crippen LogP contribution in [0, 0.1) is 6.92 Å². The number of piperazine rings is 1. The summed E-state index contributed by atoms with van der Waals surface area (Å²) in [4.78, 5) is 28.1. The molecular weight excluding hydrogens is 422 g/mol. The van der Waals surface area contributed by atoms with Gasteiger partial charge in [0.05, 0.1) is 0 Å². The zero-order valence-electron chi connectivity index (χ0n) is 14.3. The van der Waals surface area contributed by atoms with E-state index in [1.54, 1.807) is 34.9 Å². The molecule has 0 saturated carbocycles. The SMILES string of the molecule is Cc1ccc(C(=O)N2CCN(C(=O)NCc3ccc(Br)cc3Cl)CC2)o1. The highest BCUT2D eigenvalue weighted by Gasteiger charge is 2.26. The Morgan fingerprint density at radius 3 is 2.46 bits per heavy atom. The van der Waals surface area contributed by atoms with Crippen LogP contribution < -0.4 is 5.32 Å². The summed E-state index contributed by atoms with van der Waals surface area (Å²) in [5.74, 6) is 0.906. The maximum absolute atomic E-state index is 12.4. The van der Waals surface area contributed by atoms with E-state index in [4.69, 9.17) is 16.0 Å². The van der Waals surface area contributed by atoms with E-state index in [2.05, 4.69) is 21.2 Å². The Labute approximate surface area is 165 Å². The lowest BCUT2D eigenvalue weighted by atomic mass is 10.2. The summed E-state index contributed by atoms with van der Waals surface area (Å²) in [5.41, 5.74) is 0.852. The van der Waals surface area contributed by atoms with Crippen molar-refractivity contribution in [2.24, 2.45) is 0 Å². The Morgan fingerprint density at radius 2 is 1.85 bits per heavy atom. The summed E-state index contributed by atoms with van der Waals surface area (Å²) in [7, 11) is 0. The largest absolute Gasteiger partial charge is 0.456 e. The number of halogens is 2. The molecule has 1 fully saturated rings. The summed E-state index contributed by atoms with van der Waals surface area (Å²) < 4.78 is 6.27. The van der Waals surface area contributed by atoms with Crippen LogP contribution in [0.3, 0.4) is 0 Å². The molecule has 26 heavy (non-hydrogen) atoms. The minimum atomic E-state index is -0.162. The van der Waals surface area contributed by atoms with Crippen molar-refractivity contribution in [2.75, 3.05) is 26.2 Å². The molecule has 0 unspecified atom stereocenters. The number of urea groups is 1. The third kappa shape index (κ3) is 4.40. The van der Waals surface area contributed by atoms with Gasteiger partial charge in [0, 0.05) is 42.2 Å². The number of nitrogens with one attached hydrogen (secondary N) is 1. The van der Waals surface area contributed by atoms with Crippen molar-refractivity contribution in [3.8, 4) is 0 Å². The van der Waals surface area contributed by atoms with Gasteiger partial charge in [0.25, 0.3) is 5.91 Å². The third-order valence-corrected chi connectivity index (χ3v) is 5.10. The lowest BCUT2D eigenvalue weighted by Crippen LogP contribution is -2.53. The number of carbonyl (C=O) groups excluding carboxylic acids is 2. The fourth-order valence-corrected chi connectivity index (χ4v) is 3.51. The molecule has 1 N–H and O–H groups in total. The third-order valence-electron chi connectivity index (χ3n) is 4.25. The van der Waals surface area contributed by atoms with Crippen LogP contribution >= 0.6 is 27.5 Å². The number of aryl methyl sites for hydroxylation is 1. The monoisotopic (exact) mass is 439 g/mol. The molecule has 0 radical (unpaired) electrons. The Bertz CT molecular complexity index is 816. The van der Waals surface area contributed by atoms with Crippen LogP contribution in [0.25, 0.3) is 0 Å². The summed E-state index contributed by atoms with van der Waals surface area (Å²) in [6.45, 7) is 4.07. The molecule has 6 nitrogen and oxygen atoms in total. The highest BCUT2D eigenvalue weighted by atomic mass is 79.9. The fourth-order valence-electron chi connectivity index (χ4n) is 2.77. The Kier molecular flexibility index (Phi) is 5.88. The first-order chi connectivity index (χ1) is 12.4. The summed E-state index contributed by atoms with van der Waals surface area (Å²) in [6.07, 6.45) is 0. The van der Waals surface area contributed by atoms with Crippen molar-refractivity contribution in [2.45, 2.75) is 13.5 Å². The molecule has 1 aliphatic heterocycles. The first-order valence-electron chi connectivity index (χ1n) is 8.26. The minimum absolute atomic E-state index is 0.139. The standard InChI is InChI=1S/C18H19BrClN3O3/c1-12-2-5-16(26-12)17(24)22-6-8-23(9-7-22)18(25)21-11-13-3-4-14(19)10-15(13)20/h2-5,10H,6-9,11H2,1H3,(H,21,25). The van der Waals surface area contributed by atoms with Crippen molar-refractivity contribution in [1.29, 1.82) is 0 Å². The van der Waals surface area contributed by atoms with E-state index in [9.17, 15) is 9.59 Å². The van der Waals surface area contributed by atoms with Gasteiger partial charge in [0.15, 0.2) is 5.76 Å². The normalized spacial score (nSPS) is 14.4. The molecule has 2 heterocycles. The molecule has 138 valence electrons. The zero-order chi connectivity index (χ0) is 18.7. The number of furan rings is 1. The van der Waals surface area contributed by atoms with Crippen molar-refractivity contribution >= 4 is 39.5 Å². The van der Waals surface area contributed by atoms with E-state index in [1.807, 2.05) is 12.1 Å². The van der Waals surface area contributed by atoms with E-state index in [0.717, 1.165) is 10.0 Å². The molecule has 1 aliphatic rings. The van der Waals surface area contributed by atoms with E-state index in [1.165, 1.54) is 0 Å². The first kappa shape index (κ1) is 18.8. The molecule has 0 aliphatic carbocycles. The van der Waals surface area contributed by atoms with Crippen molar-refractivity contribution in [3.05, 3.63) is 56.9 Å². The fraction of sp³-hybridized carbons (Fsp3) is 0.333. The smallest absolute Gasteiger partial charge is 0.317 e. The van der Waals surface area contributed by atoms with Gasteiger partial charge in [-0.1, -0.05) is 33.6 Å². The Balaban J connectivity index is 1.49.